The van der Waals surface area contributed by atoms with E-state index in [1.54, 1.807) is 57.2 Å². The van der Waals surface area contributed by atoms with Crippen molar-refractivity contribution >= 4 is 85.2 Å². The SMILES string of the molecule is Cc1[nH]c2ccccc2c1CC(=O)NC(C)C(=O)Nc1ccc(C(c2ccc(NC(=O)C(C)NC(=O)Cc3c(C)[nH]c4ccccc34)cc2)c2ccc(NC(=O)C(C)NC(=O)Cc3c(C)[nH]c4ccccc34)cc2)cc1. The van der Waals surface area contributed by atoms with Crippen LogP contribution in [0.1, 0.15) is 77.2 Å². The summed E-state index contributed by atoms with van der Waals surface area (Å²) in [4.78, 5) is 89.6. The number of nitrogens with one attached hydrogen (secondary N) is 9. The van der Waals surface area contributed by atoms with Crippen LogP contribution in [-0.4, -0.2) is 68.5 Å². The largest absolute Gasteiger partial charge is 0.358 e. The second-order valence-electron chi connectivity index (χ2n) is 19.5. The van der Waals surface area contributed by atoms with Gasteiger partial charge in [-0.25, -0.2) is 0 Å². The summed E-state index contributed by atoms with van der Waals surface area (Å²) in [6.07, 6.45) is 0.371. The highest BCUT2D eigenvalue weighted by molar-refractivity contribution is 6.00. The molecule has 0 spiro atoms. The monoisotopic (exact) mass is 1020 g/mol. The van der Waals surface area contributed by atoms with Gasteiger partial charge in [0.1, 0.15) is 18.1 Å². The topological polar surface area (TPSA) is 222 Å². The molecule has 0 saturated heterocycles. The van der Waals surface area contributed by atoms with Crippen LogP contribution in [0.5, 0.6) is 0 Å². The van der Waals surface area contributed by atoms with Crippen LogP contribution in [0.2, 0.25) is 0 Å². The van der Waals surface area contributed by atoms with Crippen LogP contribution >= 0.6 is 0 Å². The van der Waals surface area contributed by atoms with Gasteiger partial charge in [0, 0.05) is 72.8 Å². The summed E-state index contributed by atoms with van der Waals surface area (Å²) in [7, 11) is 0. The van der Waals surface area contributed by atoms with Crippen LogP contribution in [-0.2, 0) is 48.0 Å². The number of aromatic nitrogens is 3. The summed E-state index contributed by atoms with van der Waals surface area (Å²) in [6, 6.07) is 43.3. The van der Waals surface area contributed by atoms with Gasteiger partial charge in [-0.15, -0.1) is 0 Å². The smallest absolute Gasteiger partial charge is 0.246 e. The molecular formula is C61H61N9O6. The Morgan fingerprint density at radius 1 is 0.368 bits per heavy atom. The number of aromatic amines is 3. The zero-order valence-electron chi connectivity index (χ0n) is 43.2. The van der Waals surface area contributed by atoms with Gasteiger partial charge >= 0.3 is 0 Å². The maximum absolute atomic E-state index is 13.4. The lowest BCUT2D eigenvalue weighted by molar-refractivity contribution is -0.125. The molecule has 6 amide bonds. The van der Waals surface area contributed by atoms with Crippen molar-refractivity contribution in [2.75, 3.05) is 16.0 Å². The maximum atomic E-state index is 13.4. The highest BCUT2D eigenvalue weighted by Crippen LogP contribution is 2.34. The maximum Gasteiger partial charge on any atom is 0.246 e. The highest BCUT2D eigenvalue weighted by Gasteiger charge is 2.24. The number of aryl methyl sites for hydroxylation is 3. The Morgan fingerprint density at radius 3 is 0.882 bits per heavy atom. The Morgan fingerprint density at radius 2 is 0.618 bits per heavy atom. The molecule has 386 valence electrons. The first-order chi connectivity index (χ1) is 36.6. The molecule has 6 aromatic carbocycles. The van der Waals surface area contributed by atoms with E-state index in [-0.39, 0.29) is 60.6 Å². The van der Waals surface area contributed by atoms with E-state index in [0.717, 1.165) is 83.2 Å². The van der Waals surface area contributed by atoms with Crippen molar-refractivity contribution in [1.29, 1.82) is 0 Å². The Bertz CT molecular complexity index is 3250. The van der Waals surface area contributed by atoms with E-state index in [4.69, 9.17) is 0 Å². The van der Waals surface area contributed by atoms with Crippen LogP contribution in [0.3, 0.4) is 0 Å². The fourth-order valence-electron chi connectivity index (χ4n) is 9.85. The molecule has 15 nitrogen and oxygen atoms in total. The number of anilines is 3. The molecule has 3 heterocycles. The van der Waals surface area contributed by atoms with Gasteiger partial charge in [0.15, 0.2) is 0 Å². The molecule has 9 N–H and O–H groups in total. The molecule has 0 saturated carbocycles. The lowest BCUT2D eigenvalue weighted by Crippen LogP contribution is -2.42. The van der Waals surface area contributed by atoms with Crippen molar-refractivity contribution < 1.29 is 28.8 Å². The van der Waals surface area contributed by atoms with Crippen molar-refractivity contribution in [3.63, 3.8) is 0 Å². The second kappa shape index (κ2) is 22.5. The first-order valence-corrected chi connectivity index (χ1v) is 25.4. The number of hydrogen-bond acceptors (Lipinski definition) is 6. The number of para-hydroxylation sites is 3. The number of fused-ring (bicyclic) bond motifs is 3. The molecule has 3 aromatic heterocycles. The van der Waals surface area contributed by atoms with Crippen molar-refractivity contribution in [3.8, 4) is 0 Å². The van der Waals surface area contributed by atoms with Gasteiger partial charge in [-0.05, 0) is 130 Å². The third-order valence-corrected chi connectivity index (χ3v) is 13.9. The van der Waals surface area contributed by atoms with Gasteiger partial charge in [0.05, 0.1) is 19.3 Å². The Balaban J connectivity index is 0.869. The van der Waals surface area contributed by atoms with E-state index in [0.29, 0.717) is 17.1 Å². The van der Waals surface area contributed by atoms with Crippen LogP contribution in [0.15, 0.2) is 146 Å². The highest BCUT2D eigenvalue weighted by atomic mass is 16.2. The van der Waals surface area contributed by atoms with Crippen molar-refractivity contribution in [1.82, 2.24) is 30.9 Å². The normalized spacial score (nSPS) is 12.9. The minimum Gasteiger partial charge on any atom is -0.358 e. The quantitative estimate of drug-likeness (QED) is 0.0381. The molecule has 3 atom stereocenters. The van der Waals surface area contributed by atoms with Gasteiger partial charge in [-0.3, -0.25) is 28.8 Å². The molecule has 9 rings (SSSR count). The fraction of sp³-hybridized carbons (Fsp3) is 0.213. The first kappa shape index (κ1) is 51.7. The predicted molar refractivity (Wildman–Crippen MR) is 299 cm³/mol. The molecular weight excluding hydrogens is 955 g/mol. The van der Waals surface area contributed by atoms with E-state index in [2.05, 4.69) is 46.9 Å². The van der Waals surface area contributed by atoms with Crippen LogP contribution < -0.4 is 31.9 Å². The molecule has 9 aromatic rings. The summed E-state index contributed by atoms with van der Waals surface area (Å²) in [6.45, 7) is 10.7. The van der Waals surface area contributed by atoms with E-state index in [9.17, 15) is 28.8 Å². The molecule has 76 heavy (non-hydrogen) atoms. The lowest BCUT2D eigenvalue weighted by Gasteiger charge is -2.21. The second-order valence-corrected chi connectivity index (χ2v) is 19.5. The minimum absolute atomic E-state index is 0.124. The molecule has 0 aliphatic carbocycles. The number of amides is 6. The van der Waals surface area contributed by atoms with Crippen molar-refractivity contribution in [2.45, 2.75) is 84.8 Å². The number of carbonyl (C=O) groups excluding carboxylic acids is 6. The Hall–Kier alpha value is -9.24. The van der Waals surface area contributed by atoms with Crippen LogP contribution in [0.4, 0.5) is 17.1 Å². The number of carbonyl (C=O) groups is 6. The molecule has 15 heteroatoms. The predicted octanol–water partition coefficient (Wildman–Crippen LogP) is 9.29. The van der Waals surface area contributed by atoms with Gasteiger partial charge in [0.25, 0.3) is 0 Å². The van der Waals surface area contributed by atoms with E-state index in [1.807, 2.05) is 130 Å². The number of hydrogen-bond donors (Lipinski definition) is 9. The van der Waals surface area contributed by atoms with E-state index in [1.165, 1.54) is 0 Å². The Labute approximate surface area is 440 Å². The molecule has 3 unspecified atom stereocenters. The van der Waals surface area contributed by atoms with Crippen molar-refractivity contribution in [3.05, 3.63) is 196 Å². The number of benzene rings is 6. The van der Waals surface area contributed by atoms with E-state index < -0.39 is 18.1 Å². The third-order valence-electron chi connectivity index (χ3n) is 13.9. The summed E-state index contributed by atoms with van der Waals surface area (Å²) in [5.41, 5.74) is 12.5. The Kier molecular flexibility index (Phi) is 15.3. The van der Waals surface area contributed by atoms with E-state index >= 15 is 0 Å². The lowest BCUT2D eigenvalue weighted by atomic mass is 9.85. The standard InChI is InChI=1S/C61H61N9O6/c1-34-49(46-13-7-10-16-52(46)62-34)31-55(71)65-37(4)59(74)68-43-25-19-40(20-26-43)58(41-21-27-44(28-22-41)69-60(75)38(5)66-56(72)32-50-35(2)63-53-17-11-8-14-47(50)53)42-23-29-45(30-24-42)70-61(76)39(6)67-57(73)33-51-36(3)64-54-18-12-9-15-48(51)54/h7-30,37-39,58,62-64H,31-33H2,1-6H3,(H,65,71)(H,66,72)(H,67,73)(H,68,74)(H,69,75)(H,70,76). The minimum atomic E-state index is -0.814. The third kappa shape index (κ3) is 11.7. The van der Waals surface area contributed by atoms with Gasteiger partial charge in [-0.2, -0.15) is 0 Å². The average molecular weight is 1020 g/mol. The first-order valence-electron chi connectivity index (χ1n) is 25.4. The van der Waals surface area contributed by atoms with Crippen molar-refractivity contribution in [2.24, 2.45) is 0 Å². The summed E-state index contributed by atoms with van der Waals surface area (Å²) < 4.78 is 0. The summed E-state index contributed by atoms with van der Waals surface area (Å²) in [5.74, 6) is -2.28. The molecule has 0 aliphatic rings. The average Bonchev–Trinajstić information content (AvgIpc) is 4.02. The molecule has 0 radical (unpaired) electrons. The zero-order chi connectivity index (χ0) is 53.6. The van der Waals surface area contributed by atoms with Crippen LogP contribution in [0, 0.1) is 20.8 Å². The zero-order valence-corrected chi connectivity index (χ0v) is 43.2. The molecule has 0 aliphatic heterocycles. The van der Waals surface area contributed by atoms with Crippen LogP contribution in [0.25, 0.3) is 32.7 Å². The van der Waals surface area contributed by atoms with Gasteiger partial charge in [0.2, 0.25) is 35.4 Å². The fourth-order valence-corrected chi connectivity index (χ4v) is 9.85. The summed E-state index contributed by atoms with van der Waals surface area (Å²) >= 11 is 0. The number of H-pyrrole nitrogens is 3. The molecule has 0 fully saturated rings. The number of rotatable bonds is 18. The summed E-state index contributed by atoms with van der Waals surface area (Å²) in [5, 5.41) is 20.2. The van der Waals surface area contributed by atoms with Gasteiger partial charge < -0.3 is 46.9 Å². The molecule has 0 bridgehead atoms. The van der Waals surface area contributed by atoms with Gasteiger partial charge in [-0.1, -0.05) is 91.0 Å².